The van der Waals surface area contributed by atoms with E-state index in [1.165, 1.54) is 39.0 Å². The summed E-state index contributed by atoms with van der Waals surface area (Å²) < 4.78 is 0. The van der Waals surface area contributed by atoms with Crippen LogP contribution < -0.4 is 10.6 Å². The maximum absolute atomic E-state index is 3.75. The van der Waals surface area contributed by atoms with E-state index in [2.05, 4.69) is 36.3 Å². The van der Waals surface area contributed by atoms with Gasteiger partial charge in [-0.15, -0.1) is 0 Å². The molecule has 2 N–H and O–H groups in total. The third-order valence-electron chi connectivity index (χ3n) is 3.79. The molecule has 0 aromatic heterocycles. The molecule has 1 atom stereocenters. The van der Waals surface area contributed by atoms with E-state index in [1.807, 2.05) is 0 Å². The molecular weight excluding hydrogens is 186 g/mol. The summed E-state index contributed by atoms with van der Waals surface area (Å²) in [4.78, 5) is 2.64. The van der Waals surface area contributed by atoms with E-state index >= 15 is 0 Å². The molecule has 0 radical (unpaired) electrons. The van der Waals surface area contributed by atoms with E-state index in [-0.39, 0.29) is 0 Å². The molecule has 2 fully saturated rings. The van der Waals surface area contributed by atoms with Gasteiger partial charge in [-0.25, -0.2) is 0 Å². The van der Waals surface area contributed by atoms with E-state index < -0.39 is 0 Å². The smallest absolute Gasteiger partial charge is 0.0447 e. The van der Waals surface area contributed by atoms with Crippen LogP contribution in [0.2, 0.25) is 0 Å². The van der Waals surface area contributed by atoms with Crippen molar-refractivity contribution in [3.8, 4) is 0 Å². The first kappa shape index (κ1) is 11.4. The van der Waals surface area contributed by atoms with Crippen LogP contribution in [-0.2, 0) is 0 Å². The molecule has 2 aliphatic rings. The SMILES string of the molecule is CC(C)(C)N1CCCN[C@@]2(CCNC2)C1. The van der Waals surface area contributed by atoms with Crippen molar-refractivity contribution >= 4 is 0 Å². The standard InChI is InChI=1S/C12H25N3/c1-11(2,3)15-8-4-6-14-12(10-15)5-7-13-9-12/h13-14H,4-10H2,1-3H3/t12-/m1/s1. The molecule has 2 aliphatic heterocycles. The first-order chi connectivity index (χ1) is 7.02. The van der Waals surface area contributed by atoms with Gasteiger partial charge in [0.1, 0.15) is 0 Å². The summed E-state index contributed by atoms with van der Waals surface area (Å²) in [5, 5.41) is 7.25. The zero-order valence-electron chi connectivity index (χ0n) is 10.4. The van der Waals surface area contributed by atoms with Crippen LogP contribution in [-0.4, -0.2) is 48.7 Å². The maximum atomic E-state index is 3.75. The molecule has 0 amide bonds. The molecule has 0 unspecified atom stereocenters. The molecule has 0 aromatic carbocycles. The summed E-state index contributed by atoms with van der Waals surface area (Å²) in [5.41, 5.74) is 0.658. The third kappa shape index (κ3) is 2.52. The van der Waals surface area contributed by atoms with Gasteiger partial charge in [-0.3, -0.25) is 4.90 Å². The summed E-state index contributed by atoms with van der Waals surface area (Å²) in [7, 11) is 0. The second kappa shape index (κ2) is 4.04. The Morgan fingerprint density at radius 1 is 1.20 bits per heavy atom. The lowest BCUT2D eigenvalue weighted by Crippen LogP contribution is -2.56. The fourth-order valence-corrected chi connectivity index (χ4v) is 2.73. The normalized spacial score (nSPS) is 34.6. The molecular formula is C12H25N3. The van der Waals surface area contributed by atoms with Crippen LogP contribution in [0, 0.1) is 0 Å². The summed E-state index contributed by atoms with van der Waals surface area (Å²) in [6.07, 6.45) is 2.55. The Morgan fingerprint density at radius 2 is 2.00 bits per heavy atom. The molecule has 1 spiro atoms. The van der Waals surface area contributed by atoms with Crippen LogP contribution in [0.3, 0.4) is 0 Å². The van der Waals surface area contributed by atoms with Crippen molar-refractivity contribution in [1.82, 2.24) is 15.5 Å². The van der Waals surface area contributed by atoms with Crippen molar-refractivity contribution in [3.05, 3.63) is 0 Å². The van der Waals surface area contributed by atoms with Gasteiger partial charge in [-0.2, -0.15) is 0 Å². The van der Waals surface area contributed by atoms with E-state index in [4.69, 9.17) is 0 Å². The van der Waals surface area contributed by atoms with Crippen molar-refractivity contribution in [2.45, 2.75) is 44.7 Å². The first-order valence-corrected chi connectivity index (χ1v) is 6.23. The Bertz CT molecular complexity index is 213. The molecule has 2 heterocycles. The van der Waals surface area contributed by atoms with Crippen LogP contribution in [0.25, 0.3) is 0 Å². The number of nitrogens with zero attached hydrogens (tertiary/aromatic N) is 1. The van der Waals surface area contributed by atoms with Gasteiger partial charge in [0.05, 0.1) is 0 Å². The Balaban J connectivity index is 2.08. The molecule has 3 heteroatoms. The second-order valence-electron chi connectivity index (χ2n) is 6.08. The number of hydrogen-bond acceptors (Lipinski definition) is 3. The van der Waals surface area contributed by atoms with Crippen LogP contribution in [0.1, 0.15) is 33.6 Å². The lowest BCUT2D eigenvalue weighted by molar-refractivity contribution is 0.112. The maximum Gasteiger partial charge on any atom is 0.0447 e. The molecule has 3 nitrogen and oxygen atoms in total. The van der Waals surface area contributed by atoms with Gasteiger partial charge in [0.25, 0.3) is 0 Å². The van der Waals surface area contributed by atoms with Crippen molar-refractivity contribution in [2.24, 2.45) is 0 Å². The minimum Gasteiger partial charge on any atom is -0.315 e. The fourth-order valence-electron chi connectivity index (χ4n) is 2.73. The number of hydrogen-bond donors (Lipinski definition) is 2. The summed E-state index contributed by atoms with van der Waals surface area (Å²) >= 11 is 0. The van der Waals surface area contributed by atoms with E-state index in [9.17, 15) is 0 Å². The highest BCUT2D eigenvalue weighted by Gasteiger charge is 2.38. The monoisotopic (exact) mass is 211 g/mol. The molecule has 2 saturated heterocycles. The van der Waals surface area contributed by atoms with E-state index in [1.54, 1.807) is 0 Å². The molecule has 0 saturated carbocycles. The molecule has 15 heavy (non-hydrogen) atoms. The summed E-state index contributed by atoms with van der Waals surface area (Å²) in [6, 6.07) is 0. The fraction of sp³-hybridized carbons (Fsp3) is 1.00. The van der Waals surface area contributed by atoms with Gasteiger partial charge < -0.3 is 10.6 Å². The van der Waals surface area contributed by atoms with E-state index in [0.29, 0.717) is 11.1 Å². The van der Waals surface area contributed by atoms with Gasteiger partial charge in [0, 0.05) is 24.2 Å². The second-order valence-corrected chi connectivity index (χ2v) is 6.08. The average molecular weight is 211 g/mol. The molecule has 0 aliphatic carbocycles. The zero-order valence-corrected chi connectivity index (χ0v) is 10.4. The summed E-state index contributed by atoms with van der Waals surface area (Å²) in [5.74, 6) is 0. The van der Waals surface area contributed by atoms with Crippen molar-refractivity contribution in [2.75, 3.05) is 32.7 Å². The third-order valence-corrected chi connectivity index (χ3v) is 3.79. The minimum atomic E-state index is 0.307. The Morgan fingerprint density at radius 3 is 2.60 bits per heavy atom. The summed E-state index contributed by atoms with van der Waals surface area (Å²) in [6.45, 7) is 12.9. The van der Waals surface area contributed by atoms with Gasteiger partial charge in [0.2, 0.25) is 0 Å². The minimum absolute atomic E-state index is 0.307. The van der Waals surface area contributed by atoms with Crippen molar-refractivity contribution in [3.63, 3.8) is 0 Å². The molecule has 2 rings (SSSR count). The van der Waals surface area contributed by atoms with Gasteiger partial charge in [-0.05, 0) is 53.2 Å². The predicted molar refractivity (Wildman–Crippen MR) is 64.2 cm³/mol. The highest BCUT2D eigenvalue weighted by Crippen LogP contribution is 2.24. The highest BCUT2D eigenvalue weighted by atomic mass is 15.2. The quantitative estimate of drug-likeness (QED) is 0.621. The molecule has 0 bridgehead atoms. The van der Waals surface area contributed by atoms with Crippen LogP contribution >= 0.6 is 0 Å². The van der Waals surface area contributed by atoms with Crippen LogP contribution in [0.5, 0.6) is 0 Å². The zero-order chi connectivity index (χ0) is 10.9. The average Bonchev–Trinajstić information content (AvgIpc) is 2.45. The number of rotatable bonds is 0. The Hall–Kier alpha value is -0.120. The predicted octanol–water partition coefficient (Wildman–Crippen LogP) is 0.812. The Labute approximate surface area is 93.6 Å². The lowest BCUT2D eigenvalue weighted by atomic mass is 9.95. The topological polar surface area (TPSA) is 27.3 Å². The van der Waals surface area contributed by atoms with Gasteiger partial charge >= 0.3 is 0 Å². The highest BCUT2D eigenvalue weighted by molar-refractivity contribution is 5.01. The lowest BCUT2D eigenvalue weighted by Gasteiger charge is -2.40. The first-order valence-electron chi connectivity index (χ1n) is 6.23. The molecule has 88 valence electrons. The Kier molecular flexibility index (Phi) is 3.06. The van der Waals surface area contributed by atoms with Crippen molar-refractivity contribution < 1.29 is 0 Å². The molecule has 0 aromatic rings. The largest absolute Gasteiger partial charge is 0.315 e. The van der Waals surface area contributed by atoms with Crippen LogP contribution in [0.15, 0.2) is 0 Å². The number of nitrogens with one attached hydrogen (secondary N) is 2. The van der Waals surface area contributed by atoms with Gasteiger partial charge in [0.15, 0.2) is 0 Å². The van der Waals surface area contributed by atoms with Gasteiger partial charge in [-0.1, -0.05) is 0 Å². The van der Waals surface area contributed by atoms with E-state index in [0.717, 1.165) is 6.54 Å². The van der Waals surface area contributed by atoms with Crippen molar-refractivity contribution in [1.29, 1.82) is 0 Å². The van der Waals surface area contributed by atoms with Crippen LogP contribution in [0.4, 0.5) is 0 Å².